The van der Waals surface area contributed by atoms with Crippen molar-refractivity contribution in [2.24, 2.45) is 0 Å². The molecule has 0 bridgehead atoms. The van der Waals surface area contributed by atoms with Gasteiger partial charge in [0.25, 0.3) is 0 Å². The third kappa shape index (κ3) is 5.92. The lowest BCUT2D eigenvalue weighted by Crippen LogP contribution is -2.47. The largest absolute Gasteiger partial charge is 0.481 e. The SMILES string of the molecule is CN(C)C(=O)C(CCN1CC=C(c2ccccc2OCC(=O)O)CC1)(c1ccccc1)c1ccccc1. The minimum Gasteiger partial charge on any atom is -0.481 e. The fraction of sp³-hybridized carbons (Fsp3) is 0.290. The average Bonchev–Trinajstić information content (AvgIpc) is 2.94. The Labute approximate surface area is 218 Å². The summed E-state index contributed by atoms with van der Waals surface area (Å²) in [5.74, 6) is -0.331. The highest BCUT2D eigenvalue weighted by Gasteiger charge is 2.43. The second-order valence-electron chi connectivity index (χ2n) is 9.55. The summed E-state index contributed by atoms with van der Waals surface area (Å²) in [6.07, 6.45) is 3.66. The van der Waals surface area contributed by atoms with E-state index in [9.17, 15) is 9.59 Å². The minimum atomic E-state index is -0.994. The van der Waals surface area contributed by atoms with Gasteiger partial charge in [-0.2, -0.15) is 0 Å². The zero-order chi connectivity index (χ0) is 26.3. The molecule has 0 saturated heterocycles. The monoisotopic (exact) mass is 498 g/mol. The summed E-state index contributed by atoms with van der Waals surface area (Å²) in [6.45, 7) is 1.98. The van der Waals surface area contributed by atoms with Gasteiger partial charge in [0, 0.05) is 39.3 Å². The average molecular weight is 499 g/mol. The molecule has 1 amide bonds. The normalized spacial score (nSPS) is 14.1. The van der Waals surface area contributed by atoms with Crippen LogP contribution in [0.1, 0.15) is 29.5 Å². The summed E-state index contributed by atoms with van der Waals surface area (Å²) in [7, 11) is 3.64. The number of benzene rings is 3. The van der Waals surface area contributed by atoms with Crippen LogP contribution in [0.25, 0.3) is 5.57 Å². The fourth-order valence-electron chi connectivity index (χ4n) is 5.12. The smallest absolute Gasteiger partial charge is 0.341 e. The highest BCUT2D eigenvalue weighted by atomic mass is 16.5. The standard InChI is InChI=1S/C31H34N2O4/c1-32(2)30(36)31(25-11-5-3-6-12-25,26-13-7-4-8-14-26)19-22-33-20-17-24(18-21-33)27-15-9-10-16-28(27)37-23-29(34)35/h3-17H,18-23H2,1-2H3,(H,34,35). The van der Waals surface area contributed by atoms with Gasteiger partial charge in [0.05, 0.1) is 0 Å². The molecule has 37 heavy (non-hydrogen) atoms. The van der Waals surface area contributed by atoms with Crippen molar-refractivity contribution in [1.29, 1.82) is 0 Å². The Bertz CT molecular complexity index is 1200. The van der Waals surface area contributed by atoms with E-state index in [1.807, 2.05) is 74.8 Å². The van der Waals surface area contributed by atoms with Crippen LogP contribution >= 0.6 is 0 Å². The summed E-state index contributed by atoms with van der Waals surface area (Å²) in [5.41, 5.74) is 3.30. The predicted molar refractivity (Wildman–Crippen MR) is 146 cm³/mol. The van der Waals surface area contributed by atoms with Crippen LogP contribution in [0, 0.1) is 0 Å². The van der Waals surface area contributed by atoms with Crippen LogP contribution in [-0.2, 0) is 15.0 Å². The van der Waals surface area contributed by atoms with Gasteiger partial charge < -0.3 is 14.7 Å². The zero-order valence-electron chi connectivity index (χ0n) is 21.5. The number of aliphatic carboxylic acids is 1. The van der Waals surface area contributed by atoms with E-state index in [1.54, 1.807) is 4.90 Å². The number of carbonyl (C=O) groups excluding carboxylic acids is 1. The number of nitrogens with zero attached hydrogens (tertiary/aromatic N) is 2. The number of carboxylic acids is 1. The second kappa shape index (κ2) is 11.9. The number of carboxylic acid groups (broad SMARTS) is 1. The molecule has 3 aromatic carbocycles. The first-order valence-electron chi connectivity index (χ1n) is 12.6. The quantitative estimate of drug-likeness (QED) is 0.439. The minimum absolute atomic E-state index is 0.0719. The number of hydrogen-bond acceptors (Lipinski definition) is 4. The number of hydrogen-bond donors (Lipinski definition) is 1. The number of para-hydroxylation sites is 1. The Morgan fingerprint density at radius 3 is 2.05 bits per heavy atom. The van der Waals surface area contributed by atoms with Crippen LogP contribution < -0.4 is 4.74 Å². The van der Waals surface area contributed by atoms with Crippen LogP contribution in [-0.4, -0.2) is 67.1 Å². The second-order valence-corrected chi connectivity index (χ2v) is 9.55. The third-order valence-electron chi connectivity index (χ3n) is 6.98. The molecule has 192 valence electrons. The first-order valence-corrected chi connectivity index (χ1v) is 12.6. The van der Waals surface area contributed by atoms with E-state index in [-0.39, 0.29) is 12.5 Å². The van der Waals surface area contributed by atoms with Gasteiger partial charge in [0.2, 0.25) is 5.91 Å². The van der Waals surface area contributed by atoms with E-state index < -0.39 is 11.4 Å². The highest BCUT2D eigenvalue weighted by Crippen LogP contribution is 2.38. The first-order chi connectivity index (χ1) is 17.9. The summed E-state index contributed by atoms with van der Waals surface area (Å²) < 4.78 is 5.52. The van der Waals surface area contributed by atoms with E-state index in [4.69, 9.17) is 9.84 Å². The first kappa shape index (κ1) is 26.2. The van der Waals surface area contributed by atoms with Gasteiger partial charge in [-0.25, -0.2) is 4.79 Å². The lowest BCUT2D eigenvalue weighted by atomic mass is 9.70. The van der Waals surface area contributed by atoms with Gasteiger partial charge in [-0.15, -0.1) is 0 Å². The summed E-state index contributed by atoms with van der Waals surface area (Å²) in [6, 6.07) is 27.7. The van der Waals surface area contributed by atoms with Gasteiger partial charge in [0.15, 0.2) is 6.61 Å². The lowest BCUT2D eigenvalue weighted by Gasteiger charge is -2.38. The van der Waals surface area contributed by atoms with Crippen molar-refractivity contribution in [3.05, 3.63) is 108 Å². The molecule has 6 nitrogen and oxygen atoms in total. The molecule has 3 aromatic rings. The summed E-state index contributed by atoms with van der Waals surface area (Å²) >= 11 is 0. The summed E-state index contributed by atoms with van der Waals surface area (Å²) in [5, 5.41) is 9.00. The molecule has 0 fully saturated rings. The van der Waals surface area contributed by atoms with Gasteiger partial charge in [-0.05, 0) is 35.6 Å². The van der Waals surface area contributed by atoms with Crippen molar-refractivity contribution < 1.29 is 19.4 Å². The number of ether oxygens (including phenoxy) is 1. The Balaban J connectivity index is 1.57. The highest BCUT2D eigenvalue weighted by molar-refractivity contribution is 5.92. The molecule has 0 aliphatic carbocycles. The van der Waals surface area contributed by atoms with Crippen molar-refractivity contribution in [2.45, 2.75) is 18.3 Å². The van der Waals surface area contributed by atoms with E-state index >= 15 is 0 Å². The van der Waals surface area contributed by atoms with E-state index in [1.165, 1.54) is 0 Å². The topological polar surface area (TPSA) is 70.1 Å². The number of rotatable bonds is 10. The zero-order valence-corrected chi connectivity index (χ0v) is 21.5. The van der Waals surface area contributed by atoms with Crippen molar-refractivity contribution in [1.82, 2.24) is 9.80 Å². The number of carbonyl (C=O) groups is 2. The maximum atomic E-state index is 13.9. The van der Waals surface area contributed by atoms with Gasteiger partial charge in [-0.3, -0.25) is 9.69 Å². The van der Waals surface area contributed by atoms with Crippen molar-refractivity contribution in [3.8, 4) is 5.75 Å². The van der Waals surface area contributed by atoms with Crippen LogP contribution in [0.3, 0.4) is 0 Å². The van der Waals surface area contributed by atoms with Crippen LogP contribution in [0.5, 0.6) is 5.75 Å². The molecule has 1 aliphatic heterocycles. The Morgan fingerprint density at radius 2 is 1.51 bits per heavy atom. The van der Waals surface area contributed by atoms with Gasteiger partial charge in [0.1, 0.15) is 11.2 Å². The van der Waals surface area contributed by atoms with Gasteiger partial charge >= 0.3 is 5.97 Å². The lowest BCUT2D eigenvalue weighted by molar-refractivity contribution is -0.139. The molecule has 4 rings (SSSR count). The molecule has 0 spiro atoms. The van der Waals surface area contributed by atoms with E-state index in [0.29, 0.717) is 12.2 Å². The van der Waals surface area contributed by atoms with Crippen LogP contribution in [0.2, 0.25) is 0 Å². The molecule has 1 N–H and O–H groups in total. The molecule has 0 atom stereocenters. The maximum Gasteiger partial charge on any atom is 0.341 e. The van der Waals surface area contributed by atoms with E-state index in [0.717, 1.165) is 48.3 Å². The third-order valence-corrected chi connectivity index (χ3v) is 6.98. The van der Waals surface area contributed by atoms with Crippen molar-refractivity contribution in [3.63, 3.8) is 0 Å². The van der Waals surface area contributed by atoms with E-state index in [2.05, 4.69) is 35.2 Å². The molecule has 6 heteroatoms. The van der Waals surface area contributed by atoms with Crippen LogP contribution in [0.15, 0.2) is 91.0 Å². The molecular formula is C31H34N2O4. The molecule has 1 aliphatic rings. The van der Waals surface area contributed by atoms with Gasteiger partial charge in [-0.1, -0.05) is 84.9 Å². The Kier molecular flexibility index (Phi) is 8.41. The van der Waals surface area contributed by atoms with Crippen molar-refractivity contribution >= 4 is 17.4 Å². The number of likely N-dealkylation sites (N-methyl/N-ethyl adjacent to an activating group) is 1. The molecular weight excluding hydrogens is 464 g/mol. The molecule has 0 radical (unpaired) electrons. The molecule has 0 unspecified atom stereocenters. The molecule has 0 saturated carbocycles. The molecule has 0 aromatic heterocycles. The maximum absolute atomic E-state index is 13.9. The van der Waals surface area contributed by atoms with Crippen molar-refractivity contribution in [2.75, 3.05) is 40.3 Å². The van der Waals surface area contributed by atoms with Crippen LogP contribution in [0.4, 0.5) is 0 Å². The predicted octanol–water partition coefficient (Wildman–Crippen LogP) is 4.70. The fourth-order valence-corrected chi connectivity index (χ4v) is 5.12. The number of amides is 1. The summed E-state index contributed by atoms with van der Waals surface area (Å²) in [4.78, 5) is 28.9. The Hall–Kier alpha value is -3.90. The molecule has 1 heterocycles. The Morgan fingerprint density at radius 1 is 0.919 bits per heavy atom.